The quantitative estimate of drug-likeness (QED) is 0.578. The lowest BCUT2D eigenvalue weighted by molar-refractivity contribution is 0.619. The van der Waals surface area contributed by atoms with Gasteiger partial charge in [0.1, 0.15) is 11.5 Å². The number of aryl methyl sites for hydroxylation is 2. The standard InChI is InChI=1S/C18H15FN4S/c1-11-7-8-12(9-13(11)19)20-18-22-15(10-24-18)17-21-14-5-3-4-6-16(14)23(17)2/h3-10H,1-2H3,(H,20,22). The van der Waals surface area contributed by atoms with Crippen molar-refractivity contribution in [1.29, 1.82) is 0 Å². The summed E-state index contributed by atoms with van der Waals surface area (Å²) < 4.78 is 15.7. The fraction of sp³-hybridized carbons (Fsp3) is 0.111. The molecule has 4 rings (SSSR count). The Labute approximate surface area is 142 Å². The molecule has 24 heavy (non-hydrogen) atoms. The first-order valence-corrected chi connectivity index (χ1v) is 8.40. The maximum atomic E-state index is 13.7. The Balaban J connectivity index is 1.66. The normalized spacial score (nSPS) is 11.1. The lowest BCUT2D eigenvalue weighted by Gasteiger charge is -2.04. The number of para-hydroxylation sites is 2. The summed E-state index contributed by atoms with van der Waals surface area (Å²) in [6, 6.07) is 13.1. The van der Waals surface area contributed by atoms with Crippen LogP contribution < -0.4 is 5.32 Å². The third-order valence-corrected chi connectivity index (χ3v) is 4.70. The molecule has 0 aliphatic rings. The zero-order valence-corrected chi connectivity index (χ0v) is 14.1. The molecule has 0 bridgehead atoms. The number of nitrogens with one attached hydrogen (secondary N) is 1. The van der Waals surface area contributed by atoms with Gasteiger partial charge >= 0.3 is 0 Å². The van der Waals surface area contributed by atoms with E-state index in [2.05, 4.69) is 15.3 Å². The number of anilines is 2. The predicted molar refractivity (Wildman–Crippen MR) is 96.2 cm³/mol. The Hall–Kier alpha value is -2.73. The molecule has 0 fully saturated rings. The summed E-state index contributed by atoms with van der Waals surface area (Å²) in [6.07, 6.45) is 0. The van der Waals surface area contributed by atoms with Crippen molar-refractivity contribution >= 4 is 33.2 Å². The first-order valence-electron chi connectivity index (χ1n) is 7.52. The van der Waals surface area contributed by atoms with Gasteiger partial charge in [-0.15, -0.1) is 11.3 Å². The van der Waals surface area contributed by atoms with E-state index in [4.69, 9.17) is 0 Å². The van der Waals surface area contributed by atoms with E-state index in [1.54, 1.807) is 13.0 Å². The summed E-state index contributed by atoms with van der Waals surface area (Å²) in [7, 11) is 1.98. The topological polar surface area (TPSA) is 42.7 Å². The van der Waals surface area contributed by atoms with Gasteiger partial charge in [0.05, 0.1) is 11.0 Å². The third kappa shape index (κ3) is 2.55. The molecule has 1 N–H and O–H groups in total. The Bertz CT molecular complexity index is 1030. The monoisotopic (exact) mass is 338 g/mol. The van der Waals surface area contributed by atoms with E-state index >= 15 is 0 Å². The molecule has 0 aliphatic heterocycles. The molecule has 2 aromatic heterocycles. The van der Waals surface area contributed by atoms with Crippen molar-refractivity contribution in [2.75, 3.05) is 5.32 Å². The fourth-order valence-corrected chi connectivity index (χ4v) is 3.31. The van der Waals surface area contributed by atoms with Crippen LogP contribution in [-0.4, -0.2) is 14.5 Å². The van der Waals surface area contributed by atoms with Gasteiger partial charge in [-0.25, -0.2) is 14.4 Å². The van der Waals surface area contributed by atoms with Gasteiger partial charge < -0.3 is 9.88 Å². The largest absolute Gasteiger partial charge is 0.331 e. The molecule has 0 saturated heterocycles. The van der Waals surface area contributed by atoms with Gasteiger partial charge in [-0.05, 0) is 36.8 Å². The number of imidazole rings is 1. The van der Waals surface area contributed by atoms with Crippen LogP contribution in [0.2, 0.25) is 0 Å². The minimum absolute atomic E-state index is 0.230. The highest BCUT2D eigenvalue weighted by Crippen LogP contribution is 2.29. The van der Waals surface area contributed by atoms with Crippen LogP contribution in [0.4, 0.5) is 15.2 Å². The number of fused-ring (bicyclic) bond motifs is 1. The van der Waals surface area contributed by atoms with Gasteiger partial charge in [-0.2, -0.15) is 0 Å². The van der Waals surface area contributed by atoms with E-state index in [9.17, 15) is 4.39 Å². The molecule has 0 spiro atoms. The molecular weight excluding hydrogens is 323 g/mol. The molecule has 0 saturated carbocycles. The Morgan fingerprint density at radius 2 is 1.96 bits per heavy atom. The van der Waals surface area contributed by atoms with Gasteiger partial charge in [0.15, 0.2) is 11.0 Å². The molecule has 4 nitrogen and oxygen atoms in total. The van der Waals surface area contributed by atoms with Crippen LogP contribution in [0.25, 0.3) is 22.6 Å². The number of aromatic nitrogens is 3. The minimum atomic E-state index is -0.230. The number of rotatable bonds is 3. The van der Waals surface area contributed by atoms with Gasteiger partial charge in [0, 0.05) is 18.1 Å². The molecular formula is C18H15FN4S. The highest BCUT2D eigenvalue weighted by molar-refractivity contribution is 7.14. The van der Waals surface area contributed by atoms with E-state index < -0.39 is 0 Å². The summed E-state index contributed by atoms with van der Waals surface area (Å²) in [5, 5.41) is 5.81. The number of hydrogen-bond donors (Lipinski definition) is 1. The van der Waals surface area contributed by atoms with Gasteiger partial charge in [-0.3, -0.25) is 0 Å². The van der Waals surface area contributed by atoms with Crippen molar-refractivity contribution in [3.05, 3.63) is 59.2 Å². The van der Waals surface area contributed by atoms with Crippen LogP contribution >= 0.6 is 11.3 Å². The minimum Gasteiger partial charge on any atom is -0.331 e. The second-order valence-electron chi connectivity index (χ2n) is 5.61. The number of hydrogen-bond acceptors (Lipinski definition) is 4. The van der Waals surface area contributed by atoms with E-state index in [-0.39, 0.29) is 5.82 Å². The molecule has 0 radical (unpaired) electrons. The van der Waals surface area contributed by atoms with Crippen LogP contribution in [0.1, 0.15) is 5.56 Å². The number of halogens is 1. The molecule has 2 aromatic carbocycles. The fourth-order valence-electron chi connectivity index (χ4n) is 2.60. The van der Waals surface area contributed by atoms with Gasteiger partial charge in [0.25, 0.3) is 0 Å². The molecule has 2 heterocycles. The van der Waals surface area contributed by atoms with Crippen molar-refractivity contribution < 1.29 is 4.39 Å². The molecule has 120 valence electrons. The number of nitrogens with zero attached hydrogens (tertiary/aromatic N) is 3. The van der Waals surface area contributed by atoms with E-state index in [1.165, 1.54) is 17.4 Å². The van der Waals surface area contributed by atoms with Crippen molar-refractivity contribution in [2.24, 2.45) is 7.05 Å². The number of thiazole rings is 1. The summed E-state index contributed by atoms with van der Waals surface area (Å²) in [5.41, 5.74) is 4.12. The van der Waals surface area contributed by atoms with Crippen molar-refractivity contribution in [1.82, 2.24) is 14.5 Å². The van der Waals surface area contributed by atoms with Crippen LogP contribution in [0, 0.1) is 12.7 Å². The molecule has 0 amide bonds. The first kappa shape index (κ1) is 14.8. The maximum absolute atomic E-state index is 13.7. The van der Waals surface area contributed by atoms with Gasteiger partial charge in [0.2, 0.25) is 0 Å². The van der Waals surface area contributed by atoms with E-state index in [0.717, 1.165) is 22.6 Å². The highest BCUT2D eigenvalue weighted by atomic mass is 32.1. The van der Waals surface area contributed by atoms with E-state index in [0.29, 0.717) is 16.4 Å². The second-order valence-corrected chi connectivity index (χ2v) is 6.47. The average molecular weight is 338 g/mol. The molecule has 0 atom stereocenters. The van der Waals surface area contributed by atoms with Crippen LogP contribution in [0.3, 0.4) is 0 Å². The maximum Gasteiger partial charge on any atom is 0.187 e. The van der Waals surface area contributed by atoms with Crippen molar-refractivity contribution in [3.8, 4) is 11.5 Å². The summed E-state index contributed by atoms with van der Waals surface area (Å²) in [6.45, 7) is 1.74. The predicted octanol–water partition coefficient (Wildman–Crippen LogP) is 4.89. The first-order chi connectivity index (χ1) is 11.6. The second kappa shape index (κ2) is 5.72. The van der Waals surface area contributed by atoms with Crippen LogP contribution in [-0.2, 0) is 7.05 Å². The number of benzene rings is 2. The summed E-state index contributed by atoms with van der Waals surface area (Å²) in [4.78, 5) is 9.23. The summed E-state index contributed by atoms with van der Waals surface area (Å²) in [5.74, 6) is 0.586. The molecule has 4 aromatic rings. The summed E-state index contributed by atoms with van der Waals surface area (Å²) >= 11 is 1.47. The lowest BCUT2D eigenvalue weighted by atomic mass is 10.2. The van der Waals surface area contributed by atoms with Crippen molar-refractivity contribution in [3.63, 3.8) is 0 Å². The smallest absolute Gasteiger partial charge is 0.187 e. The Kier molecular flexibility index (Phi) is 3.54. The molecule has 6 heteroatoms. The highest BCUT2D eigenvalue weighted by Gasteiger charge is 2.13. The molecule has 0 aliphatic carbocycles. The van der Waals surface area contributed by atoms with Gasteiger partial charge in [-0.1, -0.05) is 18.2 Å². The third-order valence-electron chi connectivity index (χ3n) is 3.94. The SMILES string of the molecule is Cc1ccc(Nc2nc(-c3nc4ccccc4n3C)cs2)cc1F. The Morgan fingerprint density at radius 3 is 2.75 bits per heavy atom. The lowest BCUT2D eigenvalue weighted by Crippen LogP contribution is -1.94. The van der Waals surface area contributed by atoms with Crippen molar-refractivity contribution in [2.45, 2.75) is 6.92 Å². The van der Waals surface area contributed by atoms with Crippen LogP contribution in [0.15, 0.2) is 47.8 Å². The molecule has 0 unspecified atom stereocenters. The van der Waals surface area contributed by atoms with E-state index in [1.807, 2.05) is 47.3 Å². The zero-order valence-electron chi connectivity index (χ0n) is 13.2. The average Bonchev–Trinajstić information content (AvgIpc) is 3.16. The van der Waals surface area contributed by atoms with Crippen LogP contribution in [0.5, 0.6) is 0 Å². The zero-order chi connectivity index (χ0) is 16.7. The Morgan fingerprint density at radius 1 is 1.12 bits per heavy atom.